The summed E-state index contributed by atoms with van der Waals surface area (Å²) in [5.74, 6) is 0.163. The Morgan fingerprint density at radius 2 is 1.95 bits per heavy atom. The molecule has 0 spiro atoms. The molecule has 2 unspecified atom stereocenters. The molecule has 2 amide bonds. The molecule has 0 aromatic carbocycles. The lowest BCUT2D eigenvalue weighted by Crippen LogP contribution is -2.37. The number of hydrogen-bond donors (Lipinski definition) is 3. The lowest BCUT2D eigenvalue weighted by Gasteiger charge is -2.12. The van der Waals surface area contributed by atoms with Crippen LogP contribution >= 0.6 is 0 Å². The van der Waals surface area contributed by atoms with E-state index < -0.39 is 5.97 Å². The standard InChI is InChI=1S/C14H26N2O3/c1-10(4-5-12(17)18)6-7-15-13(19)16-9-11-8-14(11,2)3/h10-11H,4-9H2,1-3H3,(H,17,18)(H2,15,16,19). The van der Waals surface area contributed by atoms with Crippen LogP contribution in [0, 0.1) is 17.3 Å². The molecule has 110 valence electrons. The van der Waals surface area contributed by atoms with Gasteiger partial charge in [0.1, 0.15) is 0 Å². The third-order valence-electron chi connectivity index (χ3n) is 4.00. The molecule has 0 aromatic heterocycles. The van der Waals surface area contributed by atoms with Gasteiger partial charge < -0.3 is 15.7 Å². The maximum absolute atomic E-state index is 11.5. The Hall–Kier alpha value is -1.26. The minimum absolute atomic E-state index is 0.117. The van der Waals surface area contributed by atoms with Crippen molar-refractivity contribution < 1.29 is 14.7 Å². The van der Waals surface area contributed by atoms with Gasteiger partial charge in [-0.2, -0.15) is 0 Å². The number of nitrogens with one attached hydrogen (secondary N) is 2. The van der Waals surface area contributed by atoms with E-state index in [2.05, 4.69) is 24.5 Å². The number of carboxylic acids is 1. The van der Waals surface area contributed by atoms with Crippen LogP contribution < -0.4 is 10.6 Å². The van der Waals surface area contributed by atoms with Gasteiger partial charge in [0, 0.05) is 19.5 Å². The summed E-state index contributed by atoms with van der Waals surface area (Å²) < 4.78 is 0. The number of carbonyl (C=O) groups is 2. The van der Waals surface area contributed by atoms with Gasteiger partial charge in [-0.1, -0.05) is 20.8 Å². The highest BCUT2D eigenvalue weighted by atomic mass is 16.4. The van der Waals surface area contributed by atoms with E-state index in [-0.39, 0.29) is 12.5 Å². The third kappa shape index (κ3) is 6.45. The summed E-state index contributed by atoms with van der Waals surface area (Å²) in [5.41, 5.74) is 0.388. The van der Waals surface area contributed by atoms with Crippen LogP contribution in [0.5, 0.6) is 0 Å². The molecule has 0 bridgehead atoms. The van der Waals surface area contributed by atoms with Crippen molar-refractivity contribution in [1.82, 2.24) is 10.6 Å². The van der Waals surface area contributed by atoms with Gasteiger partial charge in [0.05, 0.1) is 0 Å². The minimum atomic E-state index is -0.760. The summed E-state index contributed by atoms with van der Waals surface area (Å²) in [6.07, 6.45) is 2.86. The van der Waals surface area contributed by atoms with Crippen molar-refractivity contribution in [1.29, 1.82) is 0 Å². The Kier molecular flexibility index (Phi) is 5.63. The Morgan fingerprint density at radius 3 is 2.47 bits per heavy atom. The molecule has 0 aliphatic heterocycles. The molecule has 0 saturated heterocycles. The topological polar surface area (TPSA) is 78.4 Å². The maximum atomic E-state index is 11.5. The number of rotatable bonds is 8. The van der Waals surface area contributed by atoms with Crippen LogP contribution in [0.4, 0.5) is 4.79 Å². The molecule has 1 saturated carbocycles. The molecule has 1 rings (SSSR count). The van der Waals surface area contributed by atoms with Crippen molar-refractivity contribution in [2.45, 2.75) is 46.5 Å². The Bertz CT molecular complexity index is 329. The number of amides is 2. The van der Waals surface area contributed by atoms with Gasteiger partial charge in [0.25, 0.3) is 0 Å². The SMILES string of the molecule is CC(CCNC(=O)NCC1CC1(C)C)CCC(=O)O. The average Bonchev–Trinajstić information content (AvgIpc) is 2.92. The van der Waals surface area contributed by atoms with Crippen LogP contribution in [0.1, 0.15) is 46.5 Å². The largest absolute Gasteiger partial charge is 0.481 e. The molecule has 0 heterocycles. The molecule has 5 nitrogen and oxygen atoms in total. The number of hydrogen-bond acceptors (Lipinski definition) is 2. The summed E-state index contributed by atoms with van der Waals surface area (Å²) in [6.45, 7) is 7.77. The number of aliphatic carboxylic acids is 1. The first-order valence-corrected chi connectivity index (χ1v) is 7.05. The lowest BCUT2D eigenvalue weighted by molar-refractivity contribution is -0.137. The molecular weight excluding hydrogens is 244 g/mol. The van der Waals surface area contributed by atoms with Crippen LogP contribution in [0.3, 0.4) is 0 Å². The first-order chi connectivity index (χ1) is 8.81. The quantitative estimate of drug-likeness (QED) is 0.633. The normalized spacial score (nSPS) is 21.5. The zero-order valence-corrected chi connectivity index (χ0v) is 12.2. The van der Waals surface area contributed by atoms with Crippen LogP contribution in [0.15, 0.2) is 0 Å². The molecule has 5 heteroatoms. The van der Waals surface area contributed by atoms with Gasteiger partial charge in [-0.05, 0) is 36.5 Å². The Morgan fingerprint density at radius 1 is 1.32 bits per heavy atom. The van der Waals surface area contributed by atoms with Crippen LogP contribution in [-0.4, -0.2) is 30.2 Å². The van der Waals surface area contributed by atoms with Crippen LogP contribution in [0.2, 0.25) is 0 Å². The molecule has 0 radical (unpaired) electrons. The van der Waals surface area contributed by atoms with E-state index in [1.807, 2.05) is 6.92 Å². The second-order valence-corrected chi connectivity index (χ2v) is 6.35. The van der Waals surface area contributed by atoms with Gasteiger partial charge in [0.2, 0.25) is 0 Å². The minimum Gasteiger partial charge on any atom is -0.481 e. The van der Waals surface area contributed by atoms with E-state index in [9.17, 15) is 9.59 Å². The molecule has 1 aliphatic carbocycles. The summed E-state index contributed by atoms with van der Waals surface area (Å²) in [5, 5.41) is 14.3. The molecular formula is C14H26N2O3. The fourth-order valence-electron chi connectivity index (χ4n) is 2.15. The second-order valence-electron chi connectivity index (χ2n) is 6.35. The van der Waals surface area contributed by atoms with Crippen molar-refractivity contribution in [2.75, 3.05) is 13.1 Å². The third-order valence-corrected chi connectivity index (χ3v) is 4.00. The fourth-order valence-corrected chi connectivity index (χ4v) is 2.15. The highest BCUT2D eigenvalue weighted by molar-refractivity contribution is 5.73. The monoisotopic (exact) mass is 270 g/mol. The number of urea groups is 1. The van der Waals surface area contributed by atoms with Gasteiger partial charge in [-0.25, -0.2) is 4.79 Å². The van der Waals surface area contributed by atoms with E-state index in [1.54, 1.807) is 0 Å². The van der Waals surface area contributed by atoms with Crippen molar-refractivity contribution in [3.63, 3.8) is 0 Å². The first kappa shape index (κ1) is 15.8. The average molecular weight is 270 g/mol. The highest BCUT2D eigenvalue weighted by Crippen LogP contribution is 2.50. The smallest absolute Gasteiger partial charge is 0.314 e. The van der Waals surface area contributed by atoms with E-state index >= 15 is 0 Å². The molecule has 19 heavy (non-hydrogen) atoms. The number of carboxylic acid groups (broad SMARTS) is 1. The zero-order chi connectivity index (χ0) is 14.5. The lowest BCUT2D eigenvalue weighted by atomic mass is 10.0. The van der Waals surface area contributed by atoms with Crippen molar-refractivity contribution in [3.8, 4) is 0 Å². The molecule has 1 aliphatic rings. The van der Waals surface area contributed by atoms with Gasteiger partial charge in [-0.3, -0.25) is 4.79 Å². The number of carbonyl (C=O) groups excluding carboxylic acids is 1. The van der Waals surface area contributed by atoms with E-state index in [1.165, 1.54) is 6.42 Å². The van der Waals surface area contributed by atoms with Crippen molar-refractivity contribution in [3.05, 3.63) is 0 Å². The van der Waals surface area contributed by atoms with Crippen molar-refractivity contribution >= 4 is 12.0 Å². The maximum Gasteiger partial charge on any atom is 0.314 e. The van der Waals surface area contributed by atoms with E-state index in [0.29, 0.717) is 30.2 Å². The predicted molar refractivity (Wildman–Crippen MR) is 73.9 cm³/mol. The molecule has 0 aromatic rings. The zero-order valence-electron chi connectivity index (χ0n) is 12.2. The molecule has 3 N–H and O–H groups in total. The summed E-state index contributed by atoms with van der Waals surface area (Å²) >= 11 is 0. The van der Waals surface area contributed by atoms with Crippen LogP contribution in [-0.2, 0) is 4.79 Å². The molecule has 1 fully saturated rings. The highest BCUT2D eigenvalue weighted by Gasteiger charge is 2.45. The predicted octanol–water partition coefficient (Wildman–Crippen LogP) is 2.22. The fraction of sp³-hybridized carbons (Fsp3) is 0.857. The second kappa shape index (κ2) is 6.78. The van der Waals surface area contributed by atoms with E-state index in [4.69, 9.17) is 5.11 Å². The summed E-state index contributed by atoms with van der Waals surface area (Å²) in [4.78, 5) is 21.9. The van der Waals surface area contributed by atoms with Crippen LogP contribution in [0.25, 0.3) is 0 Å². The molecule has 2 atom stereocenters. The Labute approximate surface area is 115 Å². The van der Waals surface area contributed by atoms with E-state index in [0.717, 1.165) is 13.0 Å². The first-order valence-electron chi connectivity index (χ1n) is 7.05. The van der Waals surface area contributed by atoms with Gasteiger partial charge in [-0.15, -0.1) is 0 Å². The van der Waals surface area contributed by atoms with Gasteiger partial charge >= 0.3 is 12.0 Å². The summed E-state index contributed by atoms with van der Waals surface area (Å²) in [6, 6.07) is -0.117. The van der Waals surface area contributed by atoms with Gasteiger partial charge in [0.15, 0.2) is 0 Å². The summed E-state index contributed by atoms with van der Waals surface area (Å²) in [7, 11) is 0. The van der Waals surface area contributed by atoms with Crippen molar-refractivity contribution in [2.24, 2.45) is 17.3 Å². The Balaban J connectivity index is 1.99.